The second-order valence-electron chi connectivity index (χ2n) is 10.6. The molecule has 0 aliphatic rings. The van der Waals surface area contributed by atoms with Crippen molar-refractivity contribution in [1.29, 1.82) is 0 Å². The van der Waals surface area contributed by atoms with Crippen molar-refractivity contribution in [3.05, 3.63) is 24.8 Å². The number of rotatable bonds is 19. The molecular formula is C27H53NO3Si. The number of aliphatic hydroxyl groups excluding tert-OH is 1. The molecule has 0 aromatic carbocycles. The molecule has 0 radical (unpaired) electrons. The summed E-state index contributed by atoms with van der Waals surface area (Å²) in [6.45, 7) is 16.6. The molecular weight excluding hydrogens is 414 g/mol. The number of nitrogens with one attached hydrogen (secondary N) is 1. The Morgan fingerprint density at radius 2 is 1.50 bits per heavy atom. The lowest BCUT2D eigenvalue weighted by Gasteiger charge is -2.40. The summed E-state index contributed by atoms with van der Waals surface area (Å²) in [6, 6.07) is -0.469. The van der Waals surface area contributed by atoms with Gasteiger partial charge >= 0.3 is 0 Å². The van der Waals surface area contributed by atoms with Crippen LogP contribution in [0.2, 0.25) is 18.1 Å². The van der Waals surface area contributed by atoms with Crippen molar-refractivity contribution >= 4 is 14.2 Å². The first-order valence-corrected chi connectivity index (χ1v) is 15.9. The average Bonchev–Trinajstić information content (AvgIpc) is 2.73. The quantitative estimate of drug-likeness (QED) is 0.0907. The van der Waals surface area contributed by atoms with Crippen molar-refractivity contribution in [2.24, 2.45) is 0 Å². The predicted molar refractivity (Wildman–Crippen MR) is 142 cm³/mol. The van der Waals surface area contributed by atoms with Crippen LogP contribution in [-0.2, 0) is 9.22 Å². The molecule has 0 unspecified atom stereocenters. The molecule has 0 aliphatic carbocycles. The van der Waals surface area contributed by atoms with Gasteiger partial charge in [0.2, 0.25) is 5.91 Å². The van der Waals surface area contributed by atoms with Crippen molar-refractivity contribution in [2.75, 3.05) is 6.61 Å². The van der Waals surface area contributed by atoms with Crippen molar-refractivity contribution in [3.8, 4) is 0 Å². The van der Waals surface area contributed by atoms with Gasteiger partial charge in [-0.2, -0.15) is 0 Å². The first-order chi connectivity index (χ1) is 15.1. The third-order valence-corrected chi connectivity index (χ3v) is 11.1. The second-order valence-corrected chi connectivity index (χ2v) is 15.4. The normalized spacial score (nSPS) is 14.5. The van der Waals surface area contributed by atoms with Gasteiger partial charge in [0.05, 0.1) is 18.8 Å². The van der Waals surface area contributed by atoms with Crippen LogP contribution in [0.25, 0.3) is 0 Å². The van der Waals surface area contributed by atoms with Gasteiger partial charge in [-0.25, -0.2) is 0 Å². The summed E-state index contributed by atoms with van der Waals surface area (Å²) in [5, 5.41) is 12.8. The number of carbonyl (C=O) groups excluding carboxylic acids is 1. The van der Waals surface area contributed by atoms with Crippen molar-refractivity contribution in [1.82, 2.24) is 5.32 Å². The Morgan fingerprint density at radius 3 is 1.94 bits per heavy atom. The number of hydrogen-bond acceptors (Lipinski definition) is 3. The molecule has 0 aromatic heterocycles. The van der Waals surface area contributed by atoms with Crippen LogP contribution >= 0.6 is 0 Å². The average molecular weight is 468 g/mol. The van der Waals surface area contributed by atoms with E-state index in [4.69, 9.17) is 4.43 Å². The van der Waals surface area contributed by atoms with Crippen LogP contribution in [-0.4, -0.2) is 38.1 Å². The summed E-state index contributed by atoms with van der Waals surface area (Å²) in [5.74, 6) is -0.286. The summed E-state index contributed by atoms with van der Waals surface area (Å²) in [6.07, 6.45) is 20.8. The van der Waals surface area contributed by atoms with E-state index >= 15 is 0 Å². The fraction of sp³-hybridized carbons (Fsp3) is 0.815. The molecule has 0 aromatic rings. The van der Waals surface area contributed by atoms with Gasteiger partial charge in [0.25, 0.3) is 0 Å². The fourth-order valence-electron chi connectivity index (χ4n) is 3.40. The van der Waals surface area contributed by atoms with Crippen LogP contribution < -0.4 is 5.32 Å². The second kappa shape index (κ2) is 17.5. The lowest BCUT2D eigenvalue weighted by Crippen LogP contribution is -2.52. The lowest BCUT2D eigenvalue weighted by molar-refractivity contribution is -0.118. The van der Waals surface area contributed by atoms with Gasteiger partial charge in [0, 0.05) is 0 Å². The SMILES string of the molecule is C=CC(=O)N[C@@H](CO)[C@@H](/C=C/CCCCCCCCCCCCC)O[Si](C)(C)C(C)(C)C. The molecule has 2 N–H and O–H groups in total. The van der Waals surface area contributed by atoms with E-state index in [1.165, 1.54) is 76.7 Å². The number of aliphatic hydroxyl groups is 1. The van der Waals surface area contributed by atoms with Gasteiger partial charge in [-0.15, -0.1) is 0 Å². The molecule has 0 aliphatic heterocycles. The Hall–Kier alpha value is -0.913. The topological polar surface area (TPSA) is 58.6 Å². The maximum atomic E-state index is 11.8. The highest BCUT2D eigenvalue weighted by Crippen LogP contribution is 2.37. The minimum absolute atomic E-state index is 0.0531. The van der Waals surface area contributed by atoms with E-state index in [1.807, 2.05) is 6.08 Å². The zero-order valence-corrected chi connectivity index (χ0v) is 23.0. The van der Waals surface area contributed by atoms with E-state index in [0.29, 0.717) is 0 Å². The monoisotopic (exact) mass is 467 g/mol. The summed E-state index contributed by atoms with van der Waals surface area (Å²) >= 11 is 0. The van der Waals surface area contributed by atoms with Crippen LogP contribution in [0, 0.1) is 0 Å². The number of unbranched alkanes of at least 4 members (excludes halogenated alkanes) is 11. The first-order valence-electron chi connectivity index (χ1n) is 13.0. The molecule has 32 heavy (non-hydrogen) atoms. The maximum Gasteiger partial charge on any atom is 0.243 e. The van der Waals surface area contributed by atoms with Crippen molar-refractivity contribution in [2.45, 2.75) is 135 Å². The van der Waals surface area contributed by atoms with Crippen molar-refractivity contribution < 1.29 is 14.3 Å². The number of allylic oxidation sites excluding steroid dienone is 1. The number of carbonyl (C=O) groups is 1. The first kappa shape index (κ1) is 31.1. The summed E-state index contributed by atoms with van der Waals surface area (Å²) in [5.41, 5.74) is 0. The number of hydrogen-bond donors (Lipinski definition) is 2. The van der Waals surface area contributed by atoms with Crippen molar-refractivity contribution in [3.63, 3.8) is 0 Å². The highest BCUT2D eigenvalue weighted by molar-refractivity contribution is 6.74. The zero-order chi connectivity index (χ0) is 24.5. The molecule has 5 heteroatoms. The Morgan fingerprint density at radius 1 is 1.00 bits per heavy atom. The third-order valence-electron chi connectivity index (χ3n) is 6.64. The molecule has 0 bridgehead atoms. The fourth-order valence-corrected chi connectivity index (χ4v) is 4.68. The predicted octanol–water partition coefficient (Wildman–Crippen LogP) is 7.30. The Bertz CT molecular complexity index is 525. The summed E-state index contributed by atoms with van der Waals surface area (Å²) < 4.78 is 6.55. The smallest absolute Gasteiger partial charge is 0.243 e. The summed E-state index contributed by atoms with van der Waals surface area (Å²) in [4.78, 5) is 11.8. The molecule has 0 saturated carbocycles. The minimum Gasteiger partial charge on any atom is -0.408 e. The maximum absolute atomic E-state index is 11.8. The molecule has 0 spiro atoms. The van der Waals surface area contributed by atoms with Gasteiger partial charge in [0.1, 0.15) is 0 Å². The molecule has 1 amide bonds. The highest BCUT2D eigenvalue weighted by Gasteiger charge is 2.40. The highest BCUT2D eigenvalue weighted by atomic mass is 28.4. The molecule has 0 rings (SSSR count). The molecule has 0 saturated heterocycles. The largest absolute Gasteiger partial charge is 0.408 e. The van der Waals surface area contributed by atoms with Crippen LogP contribution in [0.3, 0.4) is 0 Å². The molecule has 0 fully saturated rings. The van der Waals surface area contributed by atoms with E-state index in [2.05, 4.69) is 58.8 Å². The Labute approximate surface area is 200 Å². The van der Waals surface area contributed by atoms with E-state index < -0.39 is 14.4 Å². The van der Waals surface area contributed by atoms with Gasteiger partial charge < -0.3 is 14.8 Å². The van der Waals surface area contributed by atoms with Crippen LogP contribution in [0.5, 0.6) is 0 Å². The molecule has 188 valence electrons. The Kier molecular flexibility index (Phi) is 17.0. The van der Waals surface area contributed by atoms with E-state index in [0.717, 1.165) is 6.42 Å². The molecule has 4 nitrogen and oxygen atoms in total. The zero-order valence-electron chi connectivity index (χ0n) is 22.0. The van der Waals surface area contributed by atoms with Crippen LogP contribution in [0.1, 0.15) is 105 Å². The van der Waals surface area contributed by atoms with E-state index in [-0.39, 0.29) is 23.7 Å². The van der Waals surface area contributed by atoms with Gasteiger partial charge in [0.15, 0.2) is 8.32 Å². The molecule has 2 atom stereocenters. The van der Waals surface area contributed by atoms with Gasteiger partial charge in [-0.3, -0.25) is 4.79 Å². The third kappa shape index (κ3) is 14.3. The lowest BCUT2D eigenvalue weighted by atomic mass is 10.0. The number of amides is 1. The molecule has 0 heterocycles. The van der Waals surface area contributed by atoms with Gasteiger partial charge in [-0.05, 0) is 37.0 Å². The van der Waals surface area contributed by atoms with Crippen LogP contribution in [0.15, 0.2) is 24.8 Å². The summed E-state index contributed by atoms with van der Waals surface area (Å²) in [7, 11) is -2.05. The standard InChI is InChI=1S/C27H53NO3Si/c1-8-10-11-12-13-14-15-16-17-18-19-20-21-22-25(24(23-29)28-26(30)9-2)31-32(6,7)27(3,4)5/h9,21-22,24-25,29H,2,8,10-20,23H2,1,3-7H3,(H,28,30)/b22-21+/t24-,25+/m0/s1. The van der Waals surface area contributed by atoms with Gasteiger partial charge in [-0.1, -0.05) is 111 Å². The minimum atomic E-state index is -2.05. The van der Waals surface area contributed by atoms with E-state index in [9.17, 15) is 9.90 Å². The Balaban J connectivity index is 4.48. The van der Waals surface area contributed by atoms with Crippen LogP contribution in [0.4, 0.5) is 0 Å². The van der Waals surface area contributed by atoms with E-state index in [1.54, 1.807) is 0 Å².